The number of fused-ring (bicyclic) bond motifs is 1. The van der Waals surface area contributed by atoms with Gasteiger partial charge >= 0.3 is 5.97 Å². The minimum atomic E-state index is -0.370. The molecule has 3 fully saturated rings. The molecule has 2 unspecified atom stereocenters. The molecule has 1 aliphatic heterocycles. The predicted molar refractivity (Wildman–Crippen MR) is 133 cm³/mol. The van der Waals surface area contributed by atoms with Gasteiger partial charge in [0.15, 0.2) is 5.76 Å². The van der Waals surface area contributed by atoms with E-state index < -0.39 is 0 Å². The van der Waals surface area contributed by atoms with E-state index in [1.54, 1.807) is 7.11 Å². The monoisotopic (exact) mass is 456 g/mol. The molecule has 0 amide bonds. The fourth-order valence-corrected chi connectivity index (χ4v) is 8.00. The molecule has 1 aromatic rings. The van der Waals surface area contributed by atoms with E-state index in [0.717, 1.165) is 49.6 Å². The Morgan fingerprint density at radius 3 is 2.76 bits per heavy atom. The highest BCUT2D eigenvalue weighted by atomic mass is 16.5. The number of aryl methyl sites for hydroxylation is 1. The van der Waals surface area contributed by atoms with Crippen molar-refractivity contribution >= 4 is 5.97 Å². The summed E-state index contributed by atoms with van der Waals surface area (Å²) in [6.45, 7) is 13.8. The number of esters is 1. The maximum Gasteiger partial charge on any atom is 0.311 e. The van der Waals surface area contributed by atoms with Crippen LogP contribution in [0.5, 0.6) is 0 Å². The van der Waals surface area contributed by atoms with Crippen molar-refractivity contribution in [1.82, 2.24) is 0 Å². The summed E-state index contributed by atoms with van der Waals surface area (Å²) < 4.78 is 12.4. The van der Waals surface area contributed by atoms with Gasteiger partial charge in [0.05, 0.1) is 38.4 Å². The van der Waals surface area contributed by atoms with Gasteiger partial charge in [0.25, 0.3) is 0 Å². The van der Waals surface area contributed by atoms with Crippen molar-refractivity contribution in [3.05, 3.63) is 35.8 Å². The summed E-state index contributed by atoms with van der Waals surface area (Å²) in [6.07, 6.45) is 13.3. The largest absolute Gasteiger partial charge is 0.469 e. The Kier molecular flexibility index (Phi) is 6.88. The van der Waals surface area contributed by atoms with Crippen LogP contribution in [0.15, 0.2) is 28.9 Å². The molecule has 0 spiro atoms. The Bertz CT molecular complexity index is 874. The SMILES string of the molecule is C=C1CCC2[C@](C)(CCC[C@]2(C)C(=O)OC)[C@H]1CCc1ccoc1C[N+]1(C)CCCC[C@H]1C. The average Bonchev–Trinajstić information content (AvgIpc) is 3.21. The van der Waals surface area contributed by atoms with Crippen molar-refractivity contribution in [1.29, 1.82) is 0 Å². The highest BCUT2D eigenvalue weighted by Crippen LogP contribution is 2.62. The van der Waals surface area contributed by atoms with Crippen LogP contribution in [-0.2, 0) is 22.5 Å². The number of likely N-dealkylation sites (tertiary alicyclic amines) is 1. The second-order valence-corrected chi connectivity index (χ2v) is 12.2. The third kappa shape index (κ3) is 4.33. The Labute approximate surface area is 201 Å². The molecule has 2 heterocycles. The summed E-state index contributed by atoms with van der Waals surface area (Å²) in [6, 6.07) is 2.88. The maximum atomic E-state index is 12.9. The molecule has 1 saturated heterocycles. The molecule has 0 bridgehead atoms. The number of ether oxygens (including phenoxy) is 1. The minimum absolute atomic E-state index is 0.0191. The van der Waals surface area contributed by atoms with Crippen LogP contribution < -0.4 is 0 Å². The van der Waals surface area contributed by atoms with E-state index in [2.05, 4.69) is 40.5 Å². The number of nitrogens with zero attached hydrogens (tertiary/aromatic N) is 1. The number of furan rings is 1. The normalized spacial score (nSPS) is 39.2. The summed E-state index contributed by atoms with van der Waals surface area (Å²) in [4.78, 5) is 12.9. The quantitative estimate of drug-likeness (QED) is 0.272. The zero-order chi connectivity index (χ0) is 23.9. The number of hydrogen-bond acceptors (Lipinski definition) is 3. The lowest BCUT2D eigenvalue weighted by Crippen LogP contribution is -2.53. The lowest BCUT2D eigenvalue weighted by Gasteiger charge is -2.57. The summed E-state index contributed by atoms with van der Waals surface area (Å²) in [7, 11) is 3.95. The van der Waals surface area contributed by atoms with Crippen molar-refractivity contribution in [2.24, 2.45) is 22.7 Å². The Hall–Kier alpha value is -1.55. The van der Waals surface area contributed by atoms with Crippen molar-refractivity contribution in [3.8, 4) is 0 Å². The lowest BCUT2D eigenvalue weighted by molar-refractivity contribution is -0.949. The summed E-state index contributed by atoms with van der Waals surface area (Å²) in [5, 5.41) is 0. The molecular formula is C29H46NO3+. The van der Waals surface area contributed by atoms with Gasteiger partial charge in [-0.05, 0) is 101 Å². The van der Waals surface area contributed by atoms with Crippen molar-refractivity contribution in [3.63, 3.8) is 0 Å². The van der Waals surface area contributed by atoms with E-state index in [0.29, 0.717) is 17.9 Å². The second-order valence-electron chi connectivity index (χ2n) is 12.2. The fourth-order valence-electron chi connectivity index (χ4n) is 8.00. The van der Waals surface area contributed by atoms with Gasteiger partial charge < -0.3 is 13.6 Å². The Balaban J connectivity index is 1.51. The van der Waals surface area contributed by atoms with Gasteiger partial charge in [-0.1, -0.05) is 25.5 Å². The van der Waals surface area contributed by atoms with Gasteiger partial charge in [0.1, 0.15) is 6.54 Å². The smallest absolute Gasteiger partial charge is 0.311 e. The first-order valence-corrected chi connectivity index (χ1v) is 13.3. The molecular weight excluding hydrogens is 410 g/mol. The highest BCUT2D eigenvalue weighted by molar-refractivity contribution is 5.77. The number of carbonyl (C=O) groups excluding carboxylic acids is 1. The van der Waals surface area contributed by atoms with Crippen LogP contribution in [0.25, 0.3) is 0 Å². The maximum absolute atomic E-state index is 12.9. The highest BCUT2D eigenvalue weighted by Gasteiger charge is 2.57. The van der Waals surface area contributed by atoms with Crippen molar-refractivity contribution < 1.29 is 18.4 Å². The van der Waals surface area contributed by atoms with Gasteiger partial charge in [0, 0.05) is 0 Å². The lowest BCUT2D eigenvalue weighted by atomic mass is 9.46. The molecule has 2 aliphatic carbocycles. The molecule has 0 aromatic carbocycles. The fraction of sp³-hybridized carbons (Fsp3) is 0.759. The predicted octanol–water partition coefficient (Wildman–Crippen LogP) is 6.68. The van der Waals surface area contributed by atoms with E-state index in [1.807, 2.05) is 6.26 Å². The zero-order valence-corrected chi connectivity index (χ0v) is 21.8. The average molecular weight is 457 g/mol. The van der Waals surface area contributed by atoms with Crippen LogP contribution in [-0.4, -0.2) is 37.2 Å². The number of quaternary nitrogens is 1. The molecule has 1 aromatic heterocycles. The van der Waals surface area contributed by atoms with Crippen LogP contribution in [0.2, 0.25) is 0 Å². The molecule has 4 heteroatoms. The van der Waals surface area contributed by atoms with E-state index in [1.165, 1.54) is 49.1 Å². The Morgan fingerprint density at radius 1 is 1.24 bits per heavy atom. The van der Waals surface area contributed by atoms with Gasteiger partial charge in [-0.15, -0.1) is 0 Å². The van der Waals surface area contributed by atoms with Gasteiger partial charge in [-0.25, -0.2) is 0 Å². The van der Waals surface area contributed by atoms with Gasteiger partial charge in [-0.2, -0.15) is 0 Å². The number of methoxy groups -OCH3 is 1. The van der Waals surface area contributed by atoms with Crippen LogP contribution in [0.4, 0.5) is 0 Å². The van der Waals surface area contributed by atoms with Crippen molar-refractivity contribution in [2.75, 3.05) is 20.7 Å². The topological polar surface area (TPSA) is 39.4 Å². The molecule has 0 radical (unpaired) electrons. The number of piperidine rings is 1. The second kappa shape index (κ2) is 9.24. The van der Waals surface area contributed by atoms with E-state index in [4.69, 9.17) is 9.15 Å². The van der Waals surface area contributed by atoms with E-state index in [9.17, 15) is 4.79 Å². The molecule has 4 rings (SSSR count). The van der Waals surface area contributed by atoms with Crippen LogP contribution in [0.3, 0.4) is 0 Å². The number of rotatable bonds is 6. The first-order chi connectivity index (χ1) is 15.6. The molecule has 0 N–H and O–H groups in total. The molecule has 3 aliphatic rings. The minimum Gasteiger partial charge on any atom is -0.469 e. The van der Waals surface area contributed by atoms with Crippen molar-refractivity contribution in [2.45, 2.75) is 97.6 Å². The van der Waals surface area contributed by atoms with E-state index in [-0.39, 0.29) is 16.8 Å². The van der Waals surface area contributed by atoms with Crippen LogP contribution in [0, 0.1) is 22.7 Å². The number of hydrogen-bond donors (Lipinski definition) is 0. The first kappa shape index (κ1) is 24.6. The molecule has 33 heavy (non-hydrogen) atoms. The number of carbonyl (C=O) groups is 1. The summed E-state index contributed by atoms with van der Waals surface area (Å²) >= 11 is 0. The standard InChI is InChI=1S/C29H46NO3/c1-21-11-14-26-28(3,16-9-17-29(26,4)27(31)32-6)24(21)13-12-23-15-19-33-25(23)20-30(5)18-8-7-10-22(30)2/h15,19,22,24,26H,1,7-14,16-18,20H2,2-6H3/q+1/t22-,24+,26?,28-,29+,30?/m1/s1. The van der Waals surface area contributed by atoms with Gasteiger partial charge in [0.2, 0.25) is 0 Å². The van der Waals surface area contributed by atoms with Crippen LogP contribution in [0.1, 0.15) is 89.9 Å². The summed E-state index contributed by atoms with van der Waals surface area (Å²) in [5.74, 6) is 1.97. The first-order valence-electron chi connectivity index (χ1n) is 13.3. The summed E-state index contributed by atoms with van der Waals surface area (Å²) in [5.41, 5.74) is 2.50. The zero-order valence-electron chi connectivity index (χ0n) is 21.8. The third-order valence-corrected chi connectivity index (χ3v) is 10.3. The molecule has 6 atom stereocenters. The Morgan fingerprint density at radius 2 is 2.03 bits per heavy atom. The third-order valence-electron chi connectivity index (χ3n) is 10.3. The van der Waals surface area contributed by atoms with Crippen LogP contribution >= 0.6 is 0 Å². The molecule has 184 valence electrons. The number of allylic oxidation sites excluding steroid dienone is 1. The van der Waals surface area contributed by atoms with Gasteiger partial charge in [-0.3, -0.25) is 4.79 Å². The molecule has 4 nitrogen and oxygen atoms in total. The molecule has 2 saturated carbocycles. The van der Waals surface area contributed by atoms with E-state index >= 15 is 0 Å².